The zero-order chi connectivity index (χ0) is 24.9. The van der Waals surface area contributed by atoms with Crippen molar-refractivity contribution in [3.05, 3.63) is 119 Å². The third-order valence-electron chi connectivity index (χ3n) is 7.17. The second kappa shape index (κ2) is 8.38. The first-order valence-electron chi connectivity index (χ1n) is 12.1. The van der Waals surface area contributed by atoms with E-state index in [1.807, 2.05) is 72.8 Å². The highest BCUT2D eigenvalue weighted by atomic mass is 16.5. The summed E-state index contributed by atoms with van der Waals surface area (Å²) in [6.45, 7) is 5.39. The lowest BCUT2D eigenvalue weighted by molar-refractivity contribution is -0.113. The van der Waals surface area contributed by atoms with Crippen molar-refractivity contribution in [2.24, 2.45) is 4.99 Å². The zero-order valence-corrected chi connectivity index (χ0v) is 20.2. The van der Waals surface area contributed by atoms with Gasteiger partial charge in [0, 0.05) is 34.2 Å². The van der Waals surface area contributed by atoms with Gasteiger partial charge in [-0.25, -0.2) is 0 Å². The topological polar surface area (TPSA) is 62.1 Å². The number of fused-ring (bicyclic) bond motifs is 2. The number of ether oxygens (including phenoxy) is 1. The van der Waals surface area contributed by atoms with Gasteiger partial charge in [-0.15, -0.1) is 0 Å². The van der Waals surface area contributed by atoms with Crippen LogP contribution in [0.15, 0.2) is 113 Å². The Morgan fingerprint density at radius 3 is 2.50 bits per heavy atom. The van der Waals surface area contributed by atoms with Crippen LogP contribution in [0.2, 0.25) is 0 Å². The first-order valence-corrected chi connectivity index (χ1v) is 12.1. The van der Waals surface area contributed by atoms with Gasteiger partial charge in [-0.2, -0.15) is 0 Å². The summed E-state index contributed by atoms with van der Waals surface area (Å²) in [5.41, 5.74) is 5.91. The maximum Gasteiger partial charge on any atom is 0.201 e. The average molecular weight is 475 g/mol. The Balaban J connectivity index is 1.36. The third-order valence-corrected chi connectivity index (χ3v) is 7.17. The summed E-state index contributed by atoms with van der Waals surface area (Å²) >= 11 is 0. The maximum absolute atomic E-state index is 13.3. The van der Waals surface area contributed by atoms with E-state index in [4.69, 9.17) is 4.74 Å². The van der Waals surface area contributed by atoms with E-state index >= 15 is 0 Å². The molecule has 3 aromatic carbocycles. The number of ketones is 1. The van der Waals surface area contributed by atoms with Crippen molar-refractivity contribution in [3.8, 4) is 5.75 Å². The maximum atomic E-state index is 13.3. The minimum atomic E-state index is -0.346. The molecule has 6 rings (SSSR count). The quantitative estimate of drug-likeness (QED) is 0.440. The molecule has 0 fully saturated rings. The molecule has 0 saturated heterocycles. The van der Waals surface area contributed by atoms with E-state index in [0.717, 1.165) is 28.4 Å². The summed E-state index contributed by atoms with van der Waals surface area (Å²) < 4.78 is 5.99. The molecule has 178 valence electrons. The van der Waals surface area contributed by atoms with Crippen LogP contribution in [0.5, 0.6) is 5.75 Å². The number of Topliss-reactive ketones (excluding diaryl/α,β-unsaturated/α-hetero) is 1. The zero-order valence-electron chi connectivity index (χ0n) is 20.2. The number of benzene rings is 3. The van der Waals surface area contributed by atoms with E-state index < -0.39 is 0 Å². The van der Waals surface area contributed by atoms with Gasteiger partial charge in [-0.05, 0) is 35.9 Å². The normalized spacial score (nSPS) is 20.6. The van der Waals surface area contributed by atoms with E-state index in [9.17, 15) is 9.90 Å². The third kappa shape index (κ3) is 3.39. The highest BCUT2D eigenvalue weighted by molar-refractivity contribution is 6.33. The number of carbonyl (C=O) groups is 1. The van der Waals surface area contributed by atoms with Crippen LogP contribution >= 0.6 is 0 Å². The summed E-state index contributed by atoms with van der Waals surface area (Å²) in [7, 11) is 0. The molecular weight excluding hydrogens is 448 g/mol. The van der Waals surface area contributed by atoms with Crippen LogP contribution in [-0.2, 0) is 10.2 Å². The number of rotatable bonds is 5. The van der Waals surface area contributed by atoms with Crippen LogP contribution in [0.25, 0.3) is 5.57 Å². The molecule has 3 aliphatic rings. The molecule has 0 radical (unpaired) electrons. The van der Waals surface area contributed by atoms with E-state index in [1.54, 1.807) is 6.21 Å². The second-order valence-electron chi connectivity index (χ2n) is 9.64. The molecule has 0 saturated carbocycles. The fraction of sp³-hybridized carbons (Fsp3) is 0.161. The summed E-state index contributed by atoms with van der Waals surface area (Å²) in [5.74, 6) is 0.683. The summed E-state index contributed by atoms with van der Waals surface area (Å²) in [6.07, 6.45) is 3.52. The van der Waals surface area contributed by atoms with E-state index in [1.165, 1.54) is 5.56 Å². The smallest absolute Gasteiger partial charge is 0.201 e. The fourth-order valence-corrected chi connectivity index (χ4v) is 5.27. The molecule has 1 N–H and O–H groups in total. The molecule has 0 spiro atoms. The van der Waals surface area contributed by atoms with Crippen LogP contribution in [-0.4, -0.2) is 30.3 Å². The van der Waals surface area contributed by atoms with Gasteiger partial charge in [0.2, 0.25) is 5.78 Å². The molecule has 0 aromatic heterocycles. The molecule has 0 atom stereocenters. The Bertz CT molecular complexity index is 1510. The number of para-hydroxylation sites is 3. The number of aliphatic hydroxyl groups excluding tert-OH is 1. The van der Waals surface area contributed by atoms with Crippen LogP contribution in [0.3, 0.4) is 0 Å². The lowest BCUT2D eigenvalue weighted by atomic mass is 9.79. The standard InChI is InChI=1S/C31H26N2O3/c1-31(2)24-13-7-9-15-26(24)33(16-17-36-20-10-4-3-5-11-20)27(31)18-22-29(34)28(30(22)35)23-19-32-25-14-8-6-12-21(23)25/h3-15,18-19,34H,16-17H2,1-2H3. The highest BCUT2D eigenvalue weighted by Crippen LogP contribution is 2.49. The van der Waals surface area contributed by atoms with Crippen molar-refractivity contribution in [2.75, 3.05) is 18.1 Å². The first-order chi connectivity index (χ1) is 17.5. The van der Waals surface area contributed by atoms with Crippen molar-refractivity contribution in [1.82, 2.24) is 0 Å². The van der Waals surface area contributed by atoms with Crippen molar-refractivity contribution in [1.29, 1.82) is 0 Å². The number of aliphatic hydroxyl groups is 1. The van der Waals surface area contributed by atoms with Gasteiger partial charge in [-0.1, -0.05) is 68.4 Å². The van der Waals surface area contributed by atoms with E-state index in [0.29, 0.717) is 29.9 Å². The number of nitrogens with zero attached hydrogens (tertiary/aromatic N) is 2. The predicted molar refractivity (Wildman–Crippen MR) is 143 cm³/mol. The largest absolute Gasteiger partial charge is 0.506 e. The van der Waals surface area contributed by atoms with Gasteiger partial charge in [0.1, 0.15) is 18.1 Å². The number of hydrogen-bond acceptors (Lipinski definition) is 5. The lowest BCUT2D eigenvalue weighted by Crippen LogP contribution is -2.31. The number of aliphatic imine (C=N–C) groups is 1. The Labute approximate surface area is 210 Å². The number of carbonyl (C=O) groups excluding carboxylic acids is 1. The molecule has 5 nitrogen and oxygen atoms in total. The molecule has 2 heterocycles. The Morgan fingerprint density at radius 2 is 1.69 bits per heavy atom. The minimum Gasteiger partial charge on any atom is -0.506 e. The SMILES string of the molecule is CC1(C)C(=CC2=C(O)C(=C3C=Nc4ccccc43)C2=O)N(CCOc2ccccc2)c2ccccc21. The Morgan fingerprint density at radius 1 is 0.972 bits per heavy atom. The van der Waals surface area contributed by atoms with Crippen molar-refractivity contribution in [3.63, 3.8) is 0 Å². The van der Waals surface area contributed by atoms with Crippen LogP contribution in [0.4, 0.5) is 11.4 Å². The summed E-state index contributed by atoms with van der Waals surface area (Å²) in [6, 6.07) is 25.7. The van der Waals surface area contributed by atoms with Crippen molar-refractivity contribution in [2.45, 2.75) is 19.3 Å². The Kier molecular flexibility index (Phi) is 5.15. The molecule has 2 aliphatic heterocycles. The summed E-state index contributed by atoms with van der Waals surface area (Å²) in [4.78, 5) is 19.9. The monoisotopic (exact) mass is 474 g/mol. The predicted octanol–water partition coefficient (Wildman–Crippen LogP) is 6.31. The lowest BCUT2D eigenvalue weighted by Gasteiger charge is -2.29. The fourth-order valence-electron chi connectivity index (χ4n) is 5.27. The average Bonchev–Trinajstić information content (AvgIpc) is 3.40. The van der Waals surface area contributed by atoms with Gasteiger partial charge in [0.05, 0.1) is 23.4 Å². The van der Waals surface area contributed by atoms with Crippen molar-refractivity contribution >= 4 is 28.9 Å². The number of hydrogen-bond donors (Lipinski definition) is 1. The minimum absolute atomic E-state index is 0.0258. The van der Waals surface area contributed by atoms with Crippen LogP contribution in [0, 0.1) is 0 Å². The van der Waals surface area contributed by atoms with Crippen LogP contribution in [0.1, 0.15) is 25.0 Å². The van der Waals surface area contributed by atoms with Gasteiger partial charge in [0.15, 0.2) is 0 Å². The van der Waals surface area contributed by atoms with Gasteiger partial charge in [-0.3, -0.25) is 9.79 Å². The molecule has 3 aromatic rings. The van der Waals surface area contributed by atoms with Gasteiger partial charge >= 0.3 is 0 Å². The molecular formula is C31H26N2O3. The van der Waals surface area contributed by atoms with Crippen LogP contribution < -0.4 is 9.64 Å². The molecule has 0 amide bonds. The van der Waals surface area contributed by atoms with Gasteiger partial charge < -0.3 is 14.7 Å². The molecule has 5 heteroatoms. The molecule has 0 unspecified atom stereocenters. The summed E-state index contributed by atoms with van der Waals surface area (Å²) in [5, 5.41) is 11.0. The highest BCUT2D eigenvalue weighted by Gasteiger charge is 2.43. The van der Waals surface area contributed by atoms with E-state index in [-0.39, 0.29) is 17.0 Å². The molecule has 0 bridgehead atoms. The number of anilines is 1. The molecule has 36 heavy (non-hydrogen) atoms. The molecule has 1 aliphatic carbocycles. The second-order valence-corrected chi connectivity index (χ2v) is 9.64. The van der Waals surface area contributed by atoms with E-state index in [2.05, 4.69) is 35.9 Å². The van der Waals surface area contributed by atoms with Crippen molar-refractivity contribution < 1.29 is 14.6 Å². The number of allylic oxidation sites excluding steroid dienone is 5. The Hall–Kier alpha value is -4.38. The van der Waals surface area contributed by atoms with Gasteiger partial charge in [0.25, 0.3) is 0 Å². The first kappa shape index (κ1) is 22.1.